The predicted octanol–water partition coefficient (Wildman–Crippen LogP) is 0.806. The van der Waals surface area contributed by atoms with E-state index in [-0.39, 0.29) is 24.1 Å². The zero-order valence-corrected chi connectivity index (χ0v) is 12.1. The number of hydrogen-bond donors (Lipinski definition) is 1. The van der Waals surface area contributed by atoms with Gasteiger partial charge in [-0.05, 0) is 25.7 Å². The first-order valence-electron chi connectivity index (χ1n) is 7.66. The molecule has 2 fully saturated rings. The van der Waals surface area contributed by atoms with Gasteiger partial charge in [-0.25, -0.2) is 4.98 Å². The van der Waals surface area contributed by atoms with Crippen molar-refractivity contribution >= 4 is 5.91 Å². The van der Waals surface area contributed by atoms with Crippen molar-refractivity contribution in [1.29, 1.82) is 0 Å². The number of nitrogens with zero attached hydrogens (tertiary/aromatic N) is 2. The summed E-state index contributed by atoms with van der Waals surface area (Å²) in [5.41, 5.74) is 0.723. The Morgan fingerprint density at radius 2 is 2.10 bits per heavy atom. The van der Waals surface area contributed by atoms with Crippen LogP contribution in [0.3, 0.4) is 0 Å². The molecule has 114 valence electrons. The van der Waals surface area contributed by atoms with E-state index in [9.17, 15) is 9.59 Å². The quantitative estimate of drug-likeness (QED) is 0.891. The van der Waals surface area contributed by atoms with Gasteiger partial charge in [-0.3, -0.25) is 14.2 Å². The smallest absolute Gasteiger partial charge is 0.254 e. The van der Waals surface area contributed by atoms with Crippen molar-refractivity contribution < 1.29 is 9.53 Å². The van der Waals surface area contributed by atoms with E-state index in [2.05, 4.69) is 10.3 Å². The Kier molecular flexibility index (Phi) is 4.34. The van der Waals surface area contributed by atoms with Crippen molar-refractivity contribution in [3.8, 4) is 0 Å². The SMILES string of the molecule is O=C(Cn1cnc(C2CCC2)cc1=O)NC1CCOCC1. The van der Waals surface area contributed by atoms with Crippen LogP contribution in [0.5, 0.6) is 0 Å². The molecule has 1 saturated heterocycles. The summed E-state index contributed by atoms with van der Waals surface area (Å²) in [6.07, 6.45) is 6.60. The molecule has 3 rings (SSSR count). The van der Waals surface area contributed by atoms with E-state index >= 15 is 0 Å². The number of ether oxygens (including phenoxy) is 1. The Balaban J connectivity index is 1.58. The minimum absolute atomic E-state index is 0.0359. The van der Waals surface area contributed by atoms with Crippen molar-refractivity contribution in [2.75, 3.05) is 13.2 Å². The molecule has 0 spiro atoms. The molecule has 1 saturated carbocycles. The van der Waals surface area contributed by atoms with E-state index in [0.717, 1.165) is 31.4 Å². The Bertz CT molecular complexity index is 560. The van der Waals surface area contributed by atoms with Gasteiger partial charge in [0.15, 0.2) is 0 Å². The third-order valence-corrected chi connectivity index (χ3v) is 4.32. The van der Waals surface area contributed by atoms with Crippen molar-refractivity contribution in [2.45, 2.75) is 50.6 Å². The molecule has 1 aromatic rings. The molecule has 1 aromatic heterocycles. The first kappa shape index (κ1) is 14.3. The van der Waals surface area contributed by atoms with Crippen LogP contribution in [-0.4, -0.2) is 34.7 Å². The second-order valence-electron chi connectivity index (χ2n) is 5.86. The Morgan fingerprint density at radius 1 is 1.33 bits per heavy atom. The molecule has 6 heteroatoms. The molecule has 0 aromatic carbocycles. The van der Waals surface area contributed by atoms with Crippen LogP contribution >= 0.6 is 0 Å². The van der Waals surface area contributed by atoms with Gasteiger partial charge in [0, 0.05) is 31.2 Å². The number of amides is 1. The Hall–Kier alpha value is -1.69. The van der Waals surface area contributed by atoms with Crippen molar-refractivity contribution in [3.05, 3.63) is 28.4 Å². The minimum Gasteiger partial charge on any atom is -0.381 e. The molecule has 0 bridgehead atoms. The fourth-order valence-corrected chi connectivity index (χ4v) is 2.76. The van der Waals surface area contributed by atoms with Crippen LogP contribution in [0.4, 0.5) is 0 Å². The maximum absolute atomic E-state index is 12.0. The summed E-state index contributed by atoms with van der Waals surface area (Å²) in [5, 5.41) is 2.95. The van der Waals surface area contributed by atoms with Crippen LogP contribution < -0.4 is 10.9 Å². The third kappa shape index (κ3) is 3.50. The number of rotatable bonds is 4. The number of aromatic nitrogens is 2. The molecule has 0 radical (unpaired) electrons. The van der Waals surface area contributed by atoms with Gasteiger partial charge in [-0.15, -0.1) is 0 Å². The number of carbonyl (C=O) groups is 1. The lowest BCUT2D eigenvalue weighted by Crippen LogP contribution is -2.41. The van der Waals surface area contributed by atoms with Crippen molar-refractivity contribution in [1.82, 2.24) is 14.9 Å². The molecular formula is C15H21N3O3. The maximum atomic E-state index is 12.0. The topological polar surface area (TPSA) is 73.2 Å². The number of hydrogen-bond acceptors (Lipinski definition) is 4. The lowest BCUT2D eigenvalue weighted by molar-refractivity contribution is -0.123. The Morgan fingerprint density at radius 3 is 2.71 bits per heavy atom. The fourth-order valence-electron chi connectivity index (χ4n) is 2.76. The van der Waals surface area contributed by atoms with Gasteiger partial charge in [-0.2, -0.15) is 0 Å². The zero-order chi connectivity index (χ0) is 14.7. The van der Waals surface area contributed by atoms with E-state index in [1.54, 1.807) is 6.07 Å². The molecule has 2 heterocycles. The molecular weight excluding hydrogens is 270 g/mol. The number of carbonyl (C=O) groups excluding carboxylic acids is 1. The van der Waals surface area contributed by atoms with E-state index < -0.39 is 0 Å². The summed E-state index contributed by atoms with van der Waals surface area (Å²) in [5.74, 6) is 0.297. The van der Waals surface area contributed by atoms with Crippen molar-refractivity contribution in [3.63, 3.8) is 0 Å². The Labute approximate surface area is 123 Å². The maximum Gasteiger partial charge on any atom is 0.254 e. The minimum atomic E-state index is -0.144. The molecule has 0 atom stereocenters. The first-order chi connectivity index (χ1) is 10.2. The molecule has 2 aliphatic rings. The van der Waals surface area contributed by atoms with Crippen LogP contribution in [0.1, 0.15) is 43.7 Å². The fraction of sp³-hybridized carbons (Fsp3) is 0.667. The van der Waals surface area contributed by atoms with Gasteiger partial charge in [-0.1, -0.05) is 6.42 Å². The van der Waals surface area contributed by atoms with Crippen LogP contribution in [-0.2, 0) is 16.1 Å². The van der Waals surface area contributed by atoms with Crippen molar-refractivity contribution in [2.24, 2.45) is 0 Å². The second-order valence-corrected chi connectivity index (χ2v) is 5.86. The predicted molar refractivity (Wildman–Crippen MR) is 77.1 cm³/mol. The number of nitrogens with one attached hydrogen (secondary N) is 1. The lowest BCUT2D eigenvalue weighted by Gasteiger charge is -2.25. The summed E-state index contributed by atoms with van der Waals surface area (Å²) in [6.45, 7) is 1.40. The molecule has 1 N–H and O–H groups in total. The molecule has 1 aliphatic heterocycles. The normalized spacial score (nSPS) is 20.0. The summed E-state index contributed by atoms with van der Waals surface area (Å²) < 4.78 is 6.63. The molecule has 6 nitrogen and oxygen atoms in total. The highest BCUT2D eigenvalue weighted by Crippen LogP contribution is 2.34. The second kappa shape index (κ2) is 6.39. The summed E-state index contributed by atoms with van der Waals surface area (Å²) in [6, 6.07) is 1.73. The standard InChI is InChI=1S/C15H21N3O3/c19-14(17-12-4-6-21-7-5-12)9-18-10-16-13(8-15(18)20)11-2-1-3-11/h8,10-12H,1-7,9H2,(H,17,19). The summed E-state index contributed by atoms with van der Waals surface area (Å²) in [7, 11) is 0. The van der Waals surface area contributed by atoms with E-state index in [1.165, 1.54) is 17.3 Å². The van der Waals surface area contributed by atoms with Gasteiger partial charge in [0.05, 0.1) is 12.0 Å². The van der Waals surface area contributed by atoms with Gasteiger partial charge in [0.2, 0.25) is 5.91 Å². The zero-order valence-electron chi connectivity index (χ0n) is 12.1. The molecule has 1 aliphatic carbocycles. The van der Waals surface area contributed by atoms with Gasteiger partial charge >= 0.3 is 0 Å². The highest BCUT2D eigenvalue weighted by molar-refractivity contribution is 5.76. The monoisotopic (exact) mass is 291 g/mol. The summed E-state index contributed by atoms with van der Waals surface area (Å²) >= 11 is 0. The molecule has 0 unspecified atom stereocenters. The van der Waals surface area contributed by atoms with E-state index in [4.69, 9.17) is 4.74 Å². The third-order valence-electron chi connectivity index (χ3n) is 4.32. The first-order valence-corrected chi connectivity index (χ1v) is 7.66. The highest BCUT2D eigenvalue weighted by Gasteiger charge is 2.22. The van der Waals surface area contributed by atoms with Gasteiger partial charge in [0.25, 0.3) is 5.56 Å². The van der Waals surface area contributed by atoms with Crippen LogP contribution in [0.25, 0.3) is 0 Å². The molecule has 1 amide bonds. The van der Waals surface area contributed by atoms with Crippen LogP contribution in [0.2, 0.25) is 0 Å². The highest BCUT2D eigenvalue weighted by atomic mass is 16.5. The average Bonchev–Trinajstić information content (AvgIpc) is 2.41. The van der Waals surface area contributed by atoms with E-state index in [1.807, 2.05) is 0 Å². The van der Waals surface area contributed by atoms with Gasteiger partial charge in [0.1, 0.15) is 6.54 Å². The summed E-state index contributed by atoms with van der Waals surface area (Å²) in [4.78, 5) is 28.3. The van der Waals surface area contributed by atoms with Gasteiger partial charge < -0.3 is 10.1 Å². The van der Waals surface area contributed by atoms with Crippen LogP contribution in [0.15, 0.2) is 17.2 Å². The van der Waals surface area contributed by atoms with E-state index in [0.29, 0.717) is 19.1 Å². The molecule has 21 heavy (non-hydrogen) atoms. The largest absolute Gasteiger partial charge is 0.381 e. The average molecular weight is 291 g/mol. The lowest BCUT2D eigenvalue weighted by atomic mass is 9.83. The van der Waals surface area contributed by atoms with Crippen LogP contribution in [0, 0.1) is 0 Å².